The van der Waals surface area contributed by atoms with Crippen LogP contribution in [-0.2, 0) is 0 Å². The van der Waals surface area contributed by atoms with Gasteiger partial charge in [0.1, 0.15) is 0 Å². The largest absolute Gasteiger partial charge is 0.317 e. The number of nitrogens with zero attached hydrogens (tertiary/aromatic N) is 4. The number of piperidine rings is 3. The molecule has 0 amide bonds. The Bertz CT molecular complexity index is 414. The van der Waals surface area contributed by atoms with Crippen LogP contribution in [-0.4, -0.2) is 111 Å². The van der Waals surface area contributed by atoms with Crippen LogP contribution in [0, 0.1) is 11.8 Å². The molecule has 0 saturated carbocycles. The molecular formula is C22H43N5. The van der Waals surface area contributed by atoms with E-state index in [-0.39, 0.29) is 0 Å². The van der Waals surface area contributed by atoms with E-state index in [9.17, 15) is 0 Å². The molecule has 4 aliphatic rings. The number of piperazine rings is 1. The van der Waals surface area contributed by atoms with Gasteiger partial charge in [0.25, 0.3) is 0 Å². The van der Waals surface area contributed by atoms with E-state index in [4.69, 9.17) is 0 Å². The molecular weight excluding hydrogens is 334 g/mol. The van der Waals surface area contributed by atoms with Crippen molar-refractivity contribution >= 4 is 0 Å². The Morgan fingerprint density at radius 2 is 1.15 bits per heavy atom. The van der Waals surface area contributed by atoms with Gasteiger partial charge >= 0.3 is 0 Å². The molecule has 0 aliphatic carbocycles. The molecule has 4 aliphatic heterocycles. The quantitative estimate of drug-likeness (QED) is 0.781. The van der Waals surface area contributed by atoms with Crippen molar-refractivity contribution in [2.24, 2.45) is 11.8 Å². The number of likely N-dealkylation sites (tertiary alicyclic amines) is 2. The molecule has 4 saturated heterocycles. The van der Waals surface area contributed by atoms with Gasteiger partial charge in [-0.1, -0.05) is 0 Å². The summed E-state index contributed by atoms with van der Waals surface area (Å²) in [7, 11) is 2.27. The molecule has 1 N–H and O–H groups in total. The van der Waals surface area contributed by atoms with Crippen LogP contribution in [0.1, 0.15) is 38.5 Å². The first kappa shape index (κ1) is 20.1. The summed E-state index contributed by atoms with van der Waals surface area (Å²) in [6.45, 7) is 15.7. The van der Waals surface area contributed by atoms with Gasteiger partial charge in [-0.2, -0.15) is 0 Å². The molecule has 0 spiro atoms. The van der Waals surface area contributed by atoms with E-state index in [0.717, 1.165) is 17.9 Å². The first-order valence-electron chi connectivity index (χ1n) is 11.8. The number of hydrogen-bond acceptors (Lipinski definition) is 5. The molecule has 0 atom stereocenters. The zero-order valence-corrected chi connectivity index (χ0v) is 17.7. The van der Waals surface area contributed by atoms with E-state index in [1.807, 2.05) is 0 Å². The van der Waals surface area contributed by atoms with Crippen LogP contribution in [0.25, 0.3) is 0 Å². The lowest BCUT2D eigenvalue weighted by Gasteiger charge is -2.43. The smallest absolute Gasteiger partial charge is 0.0120 e. The number of rotatable bonds is 5. The maximum atomic E-state index is 3.50. The minimum atomic E-state index is 0.858. The maximum Gasteiger partial charge on any atom is 0.0120 e. The fourth-order valence-corrected chi connectivity index (χ4v) is 5.81. The molecule has 4 rings (SSSR count). The van der Waals surface area contributed by atoms with Crippen molar-refractivity contribution in [2.45, 2.75) is 44.6 Å². The Morgan fingerprint density at radius 1 is 0.630 bits per heavy atom. The van der Waals surface area contributed by atoms with Crippen molar-refractivity contribution < 1.29 is 0 Å². The predicted molar refractivity (Wildman–Crippen MR) is 113 cm³/mol. The second kappa shape index (κ2) is 10.0. The van der Waals surface area contributed by atoms with E-state index in [1.54, 1.807) is 0 Å². The molecule has 4 heterocycles. The highest BCUT2D eigenvalue weighted by atomic mass is 15.3. The summed E-state index contributed by atoms with van der Waals surface area (Å²) in [5.41, 5.74) is 0. The van der Waals surface area contributed by atoms with Crippen LogP contribution in [0.3, 0.4) is 0 Å². The fraction of sp³-hybridized carbons (Fsp3) is 1.00. The minimum absolute atomic E-state index is 0.858. The fourth-order valence-electron chi connectivity index (χ4n) is 5.81. The molecule has 0 aromatic heterocycles. The maximum absolute atomic E-state index is 3.50. The van der Waals surface area contributed by atoms with Gasteiger partial charge in [-0.15, -0.1) is 0 Å². The highest BCUT2D eigenvalue weighted by Crippen LogP contribution is 2.23. The van der Waals surface area contributed by atoms with Gasteiger partial charge in [0, 0.05) is 45.3 Å². The van der Waals surface area contributed by atoms with Gasteiger partial charge in [-0.25, -0.2) is 0 Å². The van der Waals surface area contributed by atoms with Gasteiger partial charge in [0.05, 0.1) is 0 Å². The Morgan fingerprint density at radius 3 is 1.74 bits per heavy atom. The summed E-state index contributed by atoms with van der Waals surface area (Å²) in [6.07, 6.45) is 8.41. The Labute approximate surface area is 167 Å². The highest BCUT2D eigenvalue weighted by Gasteiger charge is 2.28. The second-order valence-electron chi connectivity index (χ2n) is 9.81. The van der Waals surface area contributed by atoms with E-state index in [1.165, 1.54) is 117 Å². The van der Waals surface area contributed by atoms with Crippen molar-refractivity contribution in [3.63, 3.8) is 0 Å². The summed E-state index contributed by atoms with van der Waals surface area (Å²) in [4.78, 5) is 10.8. The van der Waals surface area contributed by atoms with Crippen LogP contribution >= 0.6 is 0 Å². The van der Waals surface area contributed by atoms with Crippen LogP contribution in [0.15, 0.2) is 0 Å². The van der Waals surface area contributed by atoms with Gasteiger partial charge in [0.15, 0.2) is 0 Å². The monoisotopic (exact) mass is 377 g/mol. The van der Waals surface area contributed by atoms with Crippen LogP contribution < -0.4 is 5.32 Å². The molecule has 156 valence electrons. The summed E-state index contributed by atoms with van der Waals surface area (Å²) < 4.78 is 0. The first-order chi connectivity index (χ1) is 13.3. The topological polar surface area (TPSA) is 25.0 Å². The van der Waals surface area contributed by atoms with Crippen LogP contribution in [0.4, 0.5) is 0 Å². The van der Waals surface area contributed by atoms with Gasteiger partial charge in [-0.05, 0) is 96.7 Å². The Balaban J connectivity index is 1.11. The lowest BCUT2D eigenvalue weighted by Crippen LogP contribution is -2.53. The van der Waals surface area contributed by atoms with Crippen LogP contribution in [0.5, 0.6) is 0 Å². The van der Waals surface area contributed by atoms with Crippen molar-refractivity contribution in [1.29, 1.82) is 0 Å². The average molecular weight is 378 g/mol. The summed E-state index contributed by atoms with van der Waals surface area (Å²) in [5.74, 6) is 1.91. The Kier molecular flexibility index (Phi) is 7.45. The summed E-state index contributed by atoms with van der Waals surface area (Å²) in [6, 6.07) is 0.858. The third-order valence-electron chi connectivity index (χ3n) is 7.81. The minimum Gasteiger partial charge on any atom is -0.317 e. The van der Waals surface area contributed by atoms with Gasteiger partial charge in [-0.3, -0.25) is 4.90 Å². The number of nitrogens with one attached hydrogen (secondary N) is 1. The Hall–Kier alpha value is -0.200. The molecule has 0 radical (unpaired) electrons. The highest BCUT2D eigenvalue weighted by molar-refractivity contribution is 4.84. The van der Waals surface area contributed by atoms with Crippen molar-refractivity contribution in [3.8, 4) is 0 Å². The van der Waals surface area contributed by atoms with E-state index in [0.29, 0.717) is 0 Å². The molecule has 0 aromatic rings. The molecule has 0 aromatic carbocycles. The third kappa shape index (κ3) is 5.89. The molecule has 27 heavy (non-hydrogen) atoms. The number of hydrogen-bond donors (Lipinski definition) is 1. The second-order valence-corrected chi connectivity index (χ2v) is 9.81. The molecule has 4 fully saturated rings. The molecule has 0 unspecified atom stereocenters. The molecule has 5 heteroatoms. The van der Waals surface area contributed by atoms with Crippen molar-refractivity contribution in [3.05, 3.63) is 0 Å². The predicted octanol–water partition coefficient (Wildman–Crippen LogP) is 1.41. The average Bonchev–Trinajstić information content (AvgIpc) is 2.72. The zero-order chi connectivity index (χ0) is 18.5. The summed E-state index contributed by atoms with van der Waals surface area (Å²) >= 11 is 0. The van der Waals surface area contributed by atoms with Crippen molar-refractivity contribution in [2.75, 3.05) is 85.6 Å². The molecule has 5 nitrogen and oxygen atoms in total. The lowest BCUT2D eigenvalue weighted by molar-refractivity contribution is 0.0603. The van der Waals surface area contributed by atoms with Crippen molar-refractivity contribution in [1.82, 2.24) is 24.9 Å². The summed E-state index contributed by atoms with van der Waals surface area (Å²) in [5, 5.41) is 3.50. The molecule has 0 bridgehead atoms. The van der Waals surface area contributed by atoms with Gasteiger partial charge < -0.3 is 20.0 Å². The normalized spacial score (nSPS) is 30.1. The standard InChI is InChI=1S/C22H43N5/c1-24-10-4-20(5-11-24)18-25-12-6-21(7-13-25)19-26-14-16-27(17-15-26)22-2-8-23-9-3-22/h20-23H,2-19H2,1H3. The van der Waals surface area contributed by atoms with E-state index < -0.39 is 0 Å². The van der Waals surface area contributed by atoms with E-state index in [2.05, 4.69) is 32.0 Å². The van der Waals surface area contributed by atoms with E-state index >= 15 is 0 Å². The zero-order valence-electron chi connectivity index (χ0n) is 17.7. The van der Waals surface area contributed by atoms with Crippen LogP contribution in [0.2, 0.25) is 0 Å². The van der Waals surface area contributed by atoms with Gasteiger partial charge in [0.2, 0.25) is 0 Å². The lowest BCUT2D eigenvalue weighted by atomic mass is 9.92. The third-order valence-corrected chi connectivity index (χ3v) is 7.81. The SMILES string of the molecule is CN1CCC(CN2CCC(CN3CCN(C4CCNCC4)CC3)CC2)CC1. The first-order valence-corrected chi connectivity index (χ1v) is 11.8.